The summed E-state index contributed by atoms with van der Waals surface area (Å²) in [6.07, 6.45) is 4.94. The fourth-order valence-electron chi connectivity index (χ4n) is 2.46. The SMILES string of the molecule is Cc1nc(OC2CCC(C)(C)CC2)ccc1CO. The van der Waals surface area contributed by atoms with Crippen LogP contribution in [0.15, 0.2) is 12.1 Å². The normalized spacial score (nSPS) is 19.8. The number of aliphatic hydroxyl groups excluding tert-OH is 1. The molecule has 1 aliphatic rings. The van der Waals surface area contributed by atoms with Crippen molar-refractivity contribution in [1.82, 2.24) is 4.98 Å². The average Bonchev–Trinajstić information content (AvgIpc) is 2.32. The van der Waals surface area contributed by atoms with E-state index >= 15 is 0 Å². The molecule has 18 heavy (non-hydrogen) atoms. The largest absolute Gasteiger partial charge is 0.474 e. The quantitative estimate of drug-likeness (QED) is 0.894. The number of ether oxygens (including phenoxy) is 1. The van der Waals surface area contributed by atoms with E-state index in [1.807, 2.05) is 19.1 Å². The standard InChI is InChI=1S/C15H23NO2/c1-11-12(10-17)4-5-14(16-11)18-13-6-8-15(2,3)9-7-13/h4-5,13,17H,6-10H2,1-3H3. The Morgan fingerprint density at radius 2 is 2.00 bits per heavy atom. The maximum Gasteiger partial charge on any atom is 0.213 e. The van der Waals surface area contributed by atoms with Crippen molar-refractivity contribution >= 4 is 0 Å². The van der Waals surface area contributed by atoms with Gasteiger partial charge in [0.2, 0.25) is 5.88 Å². The molecule has 0 aliphatic heterocycles. The molecule has 100 valence electrons. The van der Waals surface area contributed by atoms with Gasteiger partial charge in [-0.3, -0.25) is 0 Å². The molecule has 0 unspecified atom stereocenters. The lowest BCUT2D eigenvalue weighted by molar-refractivity contribution is 0.0947. The fourth-order valence-corrected chi connectivity index (χ4v) is 2.46. The van der Waals surface area contributed by atoms with E-state index < -0.39 is 0 Å². The summed E-state index contributed by atoms with van der Waals surface area (Å²) >= 11 is 0. The summed E-state index contributed by atoms with van der Waals surface area (Å²) in [5.41, 5.74) is 2.18. The van der Waals surface area contributed by atoms with Gasteiger partial charge in [-0.15, -0.1) is 0 Å². The molecule has 1 aromatic rings. The lowest BCUT2D eigenvalue weighted by Crippen LogP contribution is -2.28. The number of pyridine rings is 1. The molecule has 0 bridgehead atoms. The summed E-state index contributed by atoms with van der Waals surface area (Å²) < 4.78 is 5.94. The number of aromatic nitrogens is 1. The van der Waals surface area contributed by atoms with Crippen LogP contribution in [0.4, 0.5) is 0 Å². The summed E-state index contributed by atoms with van der Waals surface area (Å²) in [4.78, 5) is 4.39. The van der Waals surface area contributed by atoms with Gasteiger partial charge in [0.1, 0.15) is 6.10 Å². The van der Waals surface area contributed by atoms with E-state index in [0.29, 0.717) is 17.4 Å². The first kappa shape index (κ1) is 13.3. The van der Waals surface area contributed by atoms with Crippen molar-refractivity contribution in [3.8, 4) is 5.88 Å². The van der Waals surface area contributed by atoms with E-state index in [-0.39, 0.29) is 6.61 Å². The molecule has 0 saturated heterocycles. The predicted octanol–water partition coefficient (Wildman–Crippen LogP) is 3.23. The van der Waals surface area contributed by atoms with Crippen molar-refractivity contribution < 1.29 is 9.84 Å². The highest BCUT2D eigenvalue weighted by molar-refractivity contribution is 5.24. The molecule has 0 radical (unpaired) electrons. The van der Waals surface area contributed by atoms with Gasteiger partial charge in [-0.05, 0) is 49.7 Å². The zero-order chi connectivity index (χ0) is 13.2. The number of rotatable bonds is 3. The maximum atomic E-state index is 9.11. The zero-order valence-electron chi connectivity index (χ0n) is 11.6. The number of hydrogen-bond acceptors (Lipinski definition) is 3. The smallest absolute Gasteiger partial charge is 0.213 e. The second-order valence-electron chi connectivity index (χ2n) is 6.03. The van der Waals surface area contributed by atoms with E-state index in [1.54, 1.807) is 0 Å². The Hall–Kier alpha value is -1.09. The molecular weight excluding hydrogens is 226 g/mol. The van der Waals surface area contributed by atoms with Crippen LogP contribution < -0.4 is 4.74 Å². The molecule has 0 atom stereocenters. The minimum atomic E-state index is 0.0384. The van der Waals surface area contributed by atoms with Crippen molar-refractivity contribution in [2.75, 3.05) is 0 Å². The molecule has 0 amide bonds. The molecule has 1 N–H and O–H groups in total. The van der Waals surface area contributed by atoms with Gasteiger partial charge >= 0.3 is 0 Å². The third-order valence-electron chi connectivity index (χ3n) is 3.91. The third-order valence-corrected chi connectivity index (χ3v) is 3.91. The van der Waals surface area contributed by atoms with Crippen LogP contribution in [0.2, 0.25) is 0 Å². The van der Waals surface area contributed by atoms with Crippen LogP contribution in [-0.4, -0.2) is 16.2 Å². The van der Waals surface area contributed by atoms with Gasteiger partial charge in [0, 0.05) is 11.8 Å². The number of hydrogen-bond donors (Lipinski definition) is 1. The fraction of sp³-hybridized carbons (Fsp3) is 0.667. The van der Waals surface area contributed by atoms with Crippen LogP contribution in [-0.2, 0) is 6.61 Å². The highest BCUT2D eigenvalue weighted by atomic mass is 16.5. The van der Waals surface area contributed by atoms with Crippen molar-refractivity contribution in [2.45, 2.75) is 59.2 Å². The average molecular weight is 249 g/mol. The van der Waals surface area contributed by atoms with Gasteiger partial charge in [0.25, 0.3) is 0 Å². The molecule has 3 heteroatoms. The van der Waals surface area contributed by atoms with Crippen LogP contribution in [0.1, 0.15) is 50.8 Å². The third kappa shape index (κ3) is 3.22. The van der Waals surface area contributed by atoms with Crippen molar-refractivity contribution in [3.05, 3.63) is 23.4 Å². The van der Waals surface area contributed by atoms with E-state index in [1.165, 1.54) is 12.8 Å². The van der Waals surface area contributed by atoms with Gasteiger partial charge in [-0.2, -0.15) is 0 Å². The summed E-state index contributed by atoms with van der Waals surface area (Å²) in [5.74, 6) is 0.689. The zero-order valence-corrected chi connectivity index (χ0v) is 11.6. The Labute approximate surface area is 109 Å². The molecule has 0 spiro atoms. The number of aliphatic hydroxyl groups is 1. The first-order chi connectivity index (χ1) is 8.50. The molecule has 1 fully saturated rings. The van der Waals surface area contributed by atoms with Crippen molar-refractivity contribution in [1.29, 1.82) is 0 Å². The Bertz CT molecular complexity index is 405. The molecule has 1 aromatic heterocycles. The summed E-state index contributed by atoms with van der Waals surface area (Å²) in [6.45, 7) is 6.59. The maximum absolute atomic E-state index is 9.11. The Morgan fingerprint density at radius 3 is 2.56 bits per heavy atom. The van der Waals surface area contributed by atoms with Crippen molar-refractivity contribution in [2.24, 2.45) is 5.41 Å². The number of nitrogens with zero attached hydrogens (tertiary/aromatic N) is 1. The van der Waals surface area contributed by atoms with Crippen LogP contribution in [0, 0.1) is 12.3 Å². The highest BCUT2D eigenvalue weighted by Crippen LogP contribution is 2.36. The number of aryl methyl sites for hydroxylation is 1. The van der Waals surface area contributed by atoms with Crippen LogP contribution in [0.25, 0.3) is 0 Å². The summed E-state index contributed by atoms with van der Waals surface area (Å²) in [5, 5.41) is 9.11. The Kier molecular flexibility index (Phi) is 3.91. The van der Waals surface area contributed by atoms with Gasteiger partial charge in [0.05, 0.1) is 6.61 Å². The first-order valence-electron chi connectivity index (χ1n) is 6.74. The van der Waals surface area contributed by atoms with Crippen LogP contribution in [0.5, 0.6) is 5.88 Å². The molecule has 1 heterocycles. The Morgan fingerprint density at radius 1 is 1.33 bits per heavy atom. The van der Waals surface area contributed by atoms with Gasteiger partial charge in [0.15, 0.2) is 0 Å². The van der Waals surface area contributed by atoms with E-state index in [0.717, 1.165) is 24.1 Å². The first-order valence-corrected chi connectivity index (χ1v) is 6.74. The van der Waals surface area contributed by atoms with E-state index in [2.05, 4.69) is 18.8 Å². The van der Waals surface area contributed by atoms with Gasteiger partial charge in [-0.1, -0.05) is 13.8 Å². The molecule has 0 aromatic carbocycles. The molecule has 1 aliphatic carbocycles. The van der Waals surface area contributed by atoms with E-state index in [4.69, 9.17) is 9.84 Å². The molecule has 1 saturated carbocycles. The van der Waals surface area contributed by atoms with Gasteiger partial charge in [-0.25, -0.2) is 4.98 Å². The highest BCUT2D eigenvalue weighted by Gasteiger charge is 2.27. The lowest BCUT2D eigenvalue weighted by atomic mass is 9.76. The van der Waals surface area contributed by atoms with Crippen molar-refractivity contribution in [3.63, 3.8) is 0 Å². The van der Waals surface area contributed by atoms with Gasteiger partial charge < -0.3 is 9.84 Å². The topological polar surface area (TPSA) is 42.4 Å². The monoisotopic (exact) mass is 249 g/mol. The minimum absolute atomic E-state index is 0.0384. The second-order valence-corrected chi connectivity index (χ2v) is 6.03. The molecule has 2 rings (SSSR count). The minimum Gasteiger partial charge on any atom is -0.474 e. The summed E-state index contributed by atoms with van der Waals surface area (Å²) in [7, 11) is 0. The summed E-state index contributed by atoms with van der Waals surface area (Å²) in [6, 6.07) is 3.75. The predicted molar refractivity (Wildman–Crippen MR) is 71.6 cm³/mol. The lowest BCUT2D eigenvalue weighted by Gasteiger charge is -2.34. The molecular formula is C15H23NO2. The second kappa shape index (κ2) is 5.27. The Balaban J connectivity index is 1.96. The van der Waals surface area contributed by atoms with Crippen LogP contribution in [0.3, 0.4) is 0 Å². The van der Waals surface area contributed by atoms with E-state index in [9.17, 15) is 0 Å². The molecule has 3 nitrogen and oxygen atoms in total. The van der Waals surface area contributed by atoms with Crippen LogP contribution >= 0.6 is 0 Å².